The largest absolute Gasteiger partial charge is 0.349 e. The van der Waals surface area contributed by atoms with E-state index in [1.165, 1.54) is 16.4 Å². The topological polar surface area (TPSA) is 99.7 Å². The third-order valence-corrected chi connectivity index (χ3v) is 9.87. The number of nitrogens with zero attached hydrogens (tertiary/aromatic N) is 3. The predicted molar refractivity (Wildman–Crippen MR) is 170 cm³/mol. The van der Waals surface area contributed by atoms with Gasteiger partial charge in [0.2, 0.25) is 21.8 Å². The van der Waals surface area contributed by atoms with Crippen LogP contribution in [0.4, 0.5) is 4.39 Å². The molecular formula is C35H37FN4O4S. The number of amides is 2. The first-order valence-corrected chi connectivity index (χ1v) is 16.6. The summed E-state index contributed by atoms with van der Waals surface area (Å²) in [7, 11) is -3.53. The van der Waals surface area contributed by atoms with E-state index in [0.29, 0.717) is 30.8 Å². The van der Waals surface area contributed by atoms with Crippen LogP contribution in [-0.2, 0) is 45.5 Å². The zero-order valence-electron chi connectivity index (χ0n) is 25.0. The van der Waals surface area contributed by atoms with Gasteiger partial charge in [-0.1, -0.05) is 60.7 Å². The number of benzene rings is 3. The Morgan fingerprint density at radius 2 is 1.51 bits per heavy atom. The number of carbonyl (C=O) groups is 2. The molecule has 234 valence electrons. The van der Waals surface area contributed by atoms with Gasteiger partial charge < -0.3 is 10.2 Å². The number of hydrogen-bond donors (Lipinski definition) is 1. The van der Waals surface area contributed by atoms with Crippen LogP contribution in [-0.4, -0.2) is 53.6 Å². The van der Waals surface area contributed by atoms with Gasteiger partial charge in [0.1, 0.15) is 11.9 Å². The standard InChI is InChI=1S/C35H37FN4O4S/c36-30-16-11-29(12-17-30)26-40(33(24-28-8-2-1-3-9-28)35(42)38-25-31-10-4-5-21-37-31)34(41)20-15-27-13-18-32(19-14-27)45(43,44)39-22-6-7-23-39/h1-5,8-14,16-19,21,33H,6-7,15,20,22-26H2,(H,38,42). The Balaban J connectivity index is 1.36. The van der Waals surface area contributed by atoms with Gasteiger partial charge in [-0.3, -0.25) is 14.6 Å². The van der Waals surface area contributed by atoms with E-state index in [4.69, 9.17) is 0 Å². The second-order valence-electron chi connectivity index (χ2n) is 11.1. The van der Waals surface area contributed by atoms with Gasteiger partial charge in [0, 0.05) is 38.7 Å². The molecule has 1 aliphatic heterocycles. The van der Waals surface area contributed by atoms with Crippen molar-refractivity contribution in [3.8, 4) is 0 Å². The zero-order valence-corrected chi connectivity index (χ0v) is 25.8. The van der Waals surface area contributed by atoms with Crippen molar-refractivity contribution in [2.45, 2.75) is 56.1 Å². The molecule has 5 rings (SSSR count). The third-order valence-electron chi connectivity index (χ3n) is 7.96. The Morgan fingerprint density at radius 1 is 0.844 bits per heavy atom. The molecule has 8 nitrogen and oxygen atoms in total. The van der Waals surface area contributed by atoms with Crippen molar-refractivity contribution in [1.82, 2.24) is 19.5 Å². The second-order valence-corrected chi connectivity index (χ2v) is 13.1. The van der Waals surface area contributed by atoms with E-state index in [-0.39, 0.29) is 48.5 Å². The number of nitrogens with one attached hydrogen (secondary N) is 1. The number of pyridine rings is 1. The van der Waals surface area contributed by atoms with E-state index in [2.05, 4.69) is 10.3 Å². The van der Waals surface area contributed by atoms with Crippen molar-refractivity contribution in [2.75, 3.05) is 13.1 Å². The molecule has 1 aliphatic rings. The lowest BCUT2D eigenvalue weighted by molar-refractivity contribution is -0.141. The van der Waals surface area contributed by atoms with Gasteiger partial charge >= 0.3 is 0 Å². The monoisotopic (exact) mass is 628 g/mol. The van der Waals surface area contributed by atoms with Gasteiger partial charge in [-0.2, -0.15) is 4.31 Å². The molecule has 0 bridgehead atoms. The van der Waals surface area contributed by atoms with Crippen LogP contribution in [0.1, 0.15) is 41.6 Å². The summed E-state index contributed by atoms with van der Waals surface area (Å²) < 4.78 is 41.1. The van der Waals surface area contributed by atoms with Crippen LogP contribution < -0.4 is 5.32 Å². The molecule has 45 heavy (non-hydrogen) atoms. The fraction of sp³-hybridized carbons (Fsp3) is 0.286. The first-order valence-electron chi connectivity index (χ1n) is 15.1. The number of sulfonamides is 1. The second kappa shape index (κ2) is 15.0. The van der Waals surface area contributed by atoms with Crippen molar-refractivity contribution >= 4 is 21.8 Å². The number of aromatic nitrogens is 1. The maximum Gasteiger partial charge on any atom is 0.243 e. The molecule has 0 radical (unpaired) electrons. The van der Waals surface area contributed by atoms with Gasteiger partial charge in [0.05, 0.1) is 17.1 Å². The number of rotatable bonds is 13. The Kier molecular flexibility index (Phi) is 10.7. The van der Waals surface area contributed by atoms with Crippen molar-refractivity contribution in [3.05, 3.63) is 131 Å². The van der Waals surface area contributed by atoms with Crippen molar-refractivity contribution < 1.29 is 22.4 Å². The van der Waals surface area contributed by atoms with E-state index < -0.39 is 16.1 Å². The molecule has 1 fully saturated rings. The van der Waals surface area contributed by atoms with E-state index >= 15 is 0 Å². The van der Waals surface area contributed by atoms with Crippen LogP contribution in [0.5, 0.6) is 0 Å². The van der Waals surface area contributed by atoms with Crippen LogP contribution >= 0.6 is 0 Å². The molecular weight excluding hydrogens is 591 g/mol. The van der Waals surface area contributed by atoms with Gasteiger partial charge in [-0.15, -0.1) is 0 Å². The maximum absolute atomic E-state index is 14.0. The molecule has 2 heterocycles. The molecule has 3 aromatic carbocycles. The highest BCUT2D eigenvalue weighted by Gasteiger charge is 2.31. The minimum atomic E-state index is -3.53. The molecule has 1 atom stereocenters. The van der Waals surface area contributed by atoms with Crippen LogP contribution in [0.25, 0.3) is 0 Å². The van der Waals surface area contributed by atoms with E-state index in [1.54, 1.807) is 53.6 Å². The summed E-state index contributed by atoms with van der Waals surface area (Å²) in [6.07, 6.45) is 4.11. The number of aryl methyl sites for hydroxylation is 1. The van der Waals surface area contributed by atoms with Crippen LogP contribution in [0.15, 0.2) is 108 Å². The zero-order chi connectivity index (χ0) is 31.6. The Bertz CT molecular complexity index is 1660. The molecule has 1 unspecified atom stereocenters. The summed E-state index contributed by atoms with van der Waals surface area (Å²) in [5.74, 6) is -0.959. The summed E-state index contributed by atoms with van der Waals surface area (Å²) in [5.41, 5.74) is 3.08. The average molecular weight is 629 g/mol. The van der Waals surface area contributed by atoms with Gasteiger partial charge in [0.25, 0.3) is 0 Å². The summed E-state index contributed by atoms with van der Waals surface area (Å²) in [5, 5.41) is 2.95. The Labute approximate surface area is 264 Å². The fourth-order valence-electron chi connectivity index (χ4n) is 5.44. The lowest BCUT2D eigenvalue weighted by Gasteiger charge is -2.31. The molecule has 4 aromatic rings. The summed E-state index contributed by atoms with van der Waals surface area (Å²) in [6.45, 7) is 1.38. The number of hydrogen-bond acceptors (Lipinski definition) is 5. The summed E-state index contributed by atoms with van der Waals surface area (Å²) >= 11 is 0. The highest BCUT2D eigenvalue weighted by molar-refractivity contribution is 7.89. The average Bonchev–Trinajstić information content (AvgIpc) is 3.63. The lowest BCUT2D eigenvalue weighted by atomic mass is 10.0. The summed E-state index contributed by atoms with van der Waals surface area (Å²) in [4.78, 5) is 33.8. The van der Waals surface area contributed by atoms with Gasteiger partial charge in [0.15, 0.2) is 0 Å². The fourth-order valence-corrected chi connectivity index (χ4v) is 6.96. The first kappa shape index (κ1) is 32.0. The van der Waals surface area contributed by atoms with Crippen molar-refractivity contribution in [3.63, 3.8) is 0 Å². The van der Waals surface area contributed by atoms with E-state index in [1.807, 2.05) is 42.5 Å². The molecule has 2 amide bonds. The summed E-state index contributed by atoms with van der Waals surface area (Å²) in [6, 6.07) is 26.7. The highest BCUT2D eigenvalue weighted by atomic mass is 32.2. The lowest BCUT2D eigenvalue weighted by Crippen LogP contribution is -2.50. The Morgan fingerprint density at radius 3 is 2.18 bits per heavy atom. The predicted octanol–water partition coefficient (Wildman–Crippen LogP) is 4.89. The number of carbonyl (C=O) groups excluding carboxylic acids is 2. The third kappa shape index (κ3) is 8.61. The van der Waals surface area contributed by atoms with E-state index in [9.17, 15) is 22.4 Å². The van der Waals surface area contributed by atoms with Gasteiger partial charge in [-0.25, -0.2) is 12.8 Å². The molecule has 1 N–H and O–H groups in total. The normalized spacial score (nSPS) is 14.2. The molecule has 0 spiro atoms. The molecule has 10 heteroatoms. The molecule has 0 aliphatic carbocycles. The smallest absolute Gasteiger partial charge is 0.243 e. The van der Waals surface area contributed by atoms with E-state index in [0.717, 1.165) is 24.0 Å². The Hall–Kier alpha value is -4.41. The first-order chi connectivity index (χ1) is 21.8. The van der Waals surface area contributed by atoms with Gasteiger partial charge in [-0.05, 0) is 72.4 Å². The van der Waals surface area contributed by atoms with Crippen LogP contribution in [0.2, 0.25) is 0 Å². The molecule has 1 saturated heterocycles. The van der Waals surface area contributed by atoms with Crippen LogP contribution in [0.3, 0.4) is 0 Å². The maximum atomic E-state index is 14.0. The minimum Gasteiger partial charge on any atom is -0.349 e. The van der Waals surface area contributed by atoms with Crippen molar-refractivity contribution in [1.29, 1.82) is 0 Å². The molecule has 1 aromatic heterocycles. The SMILES string of the molecule is O=C(NCc1ccccn1)C(Cc1ccccc1)N(Cc1ccc(F)cc1)C(=O)CCc1ccc(S(=O)(=O)N2CCCC2)cc1. The molecule has 0 saturated carbocycles. The van der Waals surface area contributed by atoms with Crippen LogP contribution in [0, 0.1) is 5.82 Å². The highest BCUT2D eigenvalue weighted by Crippen LogP contribution is 2.22. The quantitative estimate of drug-likeness (QED) is 0.227. The minimum absolute atomic E-state index is 0.0955. The number of halogens is 1. The van der Waals surface area contributed by atoms with Crippen molar-refractivity contribution in [2.24, 2.45) is 0 Å².